The van der Waals surface area contributed by atoms with Crippen LogP contribution in [0.4, 0.5) is 5.95 Å². The van der Waals surface area contributed by atoms with Crippen LogP contribution in [-0.2, 0) is 13.1 Å². The second-order valence-corrected chi connectivity index (χ2v) is 8.24. The van der Waals surface area contributed by atoms with Gasteiger partial charge in [0.05, 0.1) is 11.9 Å². The van der Waals surface area contributed by atoms with Gasteiger partial charge in [0.15, 0.2) is 0 Å². The van der Waals surface area contributed by atoms with Gasteiger partial charge in [0, 0.05) is 56.0 Å². The van der Waals surface area contributed by atoms with Crippen LogP contribution in [0.3, 0.4) is 0 Å². The van der Waals surface area contributed by atoms with E-state index in [4.69, 9.17) is 4.98 Å². The molecule has 152 valence electrons. The summed E-state index contributed by atoms with van der Waals surface area (Å²) in [6.45, 7) is 10.3. The Kier molecular flexibility index (Phi) is 5.80. The van der Waals surface area contributed by atoms with Crippen LogP contribution in [0.15, 0.2) is 17.1 Å². The third-order valence-corrected chi connectivity index (χ3v) is 6.11. The summed E-state index contributed by atoms with van der Waals surface area (Å²) in [6, 6.07) is 1.71. The van der Waals surface area contributed by atoms with Gasteiger partial charge in [-0.1, -0.05) is 6.92 Å². The summed E-state index contributed by atoms with van der Waals surface area (Å²) < 4.78 is 2.11. The highest BCUT2D eigenvalue weighted by atomic mass is 16.1. The minimum Gasteiger partial charge on any atom is -0.342 e. The van der Waals surface area contributed by atoms with E-state index in [0.29, 0.717) is 5.92 Å². The molecular formula is C21H32N6O. The van der Waals surface area contributed by atoms with Crippen LogP contribution in [0.1, 0.15) is 61.9 Å². The minimum atomic E-state index is -0.0271. The zero-order valence-corrected chi connectivity index (χ0v) is 17.2. The van der Waals surface area contributed by atoms with Gasteiger partial charge in [0.1, 0.15) is 0 Å². The molecule has 2 aliphatic rings. The Labute approximate surface area is 166 Å². The molecule has 0 aliphatic carbocycles. The standard InChI is InChI=1S/C21H32N6O/c1-3-8-27-16(2)18(13-22-27)15-25-9-6-7-17(14-25)19-12-20(28)24-21(23-19)26-10-4-5-11-26/h12-13,17H,3-11,14-15H2,1-2H3,(H,23,24,28). The molecule has 2 aromatic rings. The average molecular weight is 385 g/mol. The first-order valence-electron chi connectivity index (χ1n) is 10.7. The van der Waals surface area contributed by atoms with Gasteiger partial charge in [-0.05, 0) is 45.6 Å². The van der Waals surface area contributed by atoms with Crippen molar-refractivity contribution in [1.29, 1.82) is 0 Å². The Morgan fingerprint density at radius 1 is 1.21 bits per heavy atom. The Hall–Kier alpha value is -2.15. The summed E-state index contributed by atoms with van der Waals surface area (Å²) in [4.78, 5) is 24.7. The molecule has 2 saturated heterocycles. The van der Waals surface area contributed by atoms with E-state index < -0.39 is 0 Å². The molecule has 7 nitrogen and oxygen atoms in total. The van der Waals surface area contributed by atoms with Gasteiger partial charge in [0.25, 0.3) is 5.56 Å². The number of piperidine rings is 1. The molecule has 7 heteroatoms. The van der Waals surface area contributed by atoms with E-state index >= 15 is 0 Å². The second-order valence-electron chi connectivity index (χ2n) is 8.24. The van der Waals surface area contributed by atoms with Crippen molar-refractivity contribution >= 4 is 5.95 Å². The number of nitrogens with one attached hydrogen (secondary N) is 1. The summed E-state index contributed by atoms with van der Waals surface area (Å²) in [5, 5.41) is 4.54. The van der Waals surface area contributed by atoms with Crippen LogP contribution in [0.25, 0.3) is 0 Å². The highest BCUT2D eigenvalue weighted by molar-refractivity contribution is 5.32. The summed E-state index contributed by atoms with van der Waals surface area (Å²) >= 11 is 0. The van der Waals surface area contributed by atoms with Gasteiger partial charge < -0.3 is 4.90 Å². The van der Waals surface area contributed by atoms with Gasteiger partial charge in [-0.3, -0.25) is 19.4 Å². The molecule has 4 rings (SSSR count). The molecule has 1 atom stereocenters. The Balaban J connectivity index is 1.47. The first-order valence-corrected chi connectivity index (χ1v) is 10.7. The highest BCUT2D eigenvalue weighted by Crippen LogP contribution is 2.27. The molecule has 2 fully saturated rings. The van der Waals surface area contributed by atoms with Crippen LogP contribution in [0, 0.1) is 6.92 Å². The van der Waals surface area contributed by atoms with Gasteiger partial charge in [-0.15, -0.1) is 0 Å². The summed E-state index contributed by atoms with van der Waals surface area (Å²) in [6.07, 6.45) is 7.71. The summed E-state index contributed by atoms with van der Waals surface area (Å²) in [5.74, 6) is 1.08. The lowest BCUT2D eigenvalue weighted by Crippen LogP contribution is -2.35. The number of anilines is 1. The third kappa shape index (κ3) is 4.14. The molecule has 4 heterocycles. The van der Waals surface area contributed by atoms with Gasteiger partial charge in [0.2, 0.25) is 5.95 Å². The number of H-pyrrole nitrogens is 1. The van der Waals surface area contributed by atoms with Crippen molar-refractivity contribution in [3.8, 4) is 0 Å². The van der Waals surface area contributed by atoms with E-state index in [2.05, 4.69) is 38.4 Å². The maximum Gasteiger partial charge on any atom is 0.252 e. The van der Waals surface area contributed by atoms with Gasteiger partial charge >= 0.3 is 0 Å². The van der Waals surface area contributed by atoms with E-state index in [1.165, 1.54) is 24.1 Å². The molecule has 0 amide bonds. The van der Waals surface area contributed by atoms with E-state index in [0.717, 1.165) is 70.2 Å². The zero-order chi connectivity index (χ0) is 19.5. The third-order valence-electron chi connectivity index (χ3n) is 6.11. The summed E-state index contributed by atoms with van der Waals surface area (Å²) in [7, 11) is 0. The van der Waals surface area contributed by atoms with Crippen molar-refractivity contribution < 1.29 is 0 Å². The number of likely N-dealkylation sites (tertiary alicyclic amines) is 1. The summed E-state index contributed by atoms with van der Waals surface area (Å²) in [5.41, 5.74) is 3.51. The van der Waals surface area contributed by atoms with Crippen molar-refractivity contribution in [2.24, 2.45) is 0 Å². The number of rotatable bonds is 6. The largest absolute Gasteiger partial charge is 0.342 e. The average Bonchev–Trinajstić information content (AvgIpc) is 3.34. The SMILES string of the molecule is CCCn1ncc(CN2CCCC(c3cc(=O)[nH]c(N4CCCC4)n3)C2)c1C. The van der Waals surface area contributed by atoms with Crippen LogP contribution >= 0.6 is 0 Å². The quantitative estimate of drug-likeness (QED) is 0.829. The molecular weight excluding hydrogens is 352 g/mol. The first-order chi connectivity index (χ1) is 13.6. The topological polar surface area (TPSA) is 70.1 Å². The van der Waals surface area contributed by atoms with E-state index in [9.17, 15) is 4.79 Å². The lowest BCUT2D eigenvalue weighted by molar-refractivity contribution is 0.198. The number of aromatic amines is 1. The molecule has 1 N–H and O–H groups in total. The smallest absolute Gasteiger partial charge is 0.252 e. The number of nitrogens with zero attached hydrogens (tertiary/aromatic N) is 5. The zero-order valence-electron chi connectivity index (χ0n) is 17.2. The van der Waals surface area contributed by atoms with Crippen molar-refractivity contribution in [3.05, 3.63) is 39.6 Å². The predicted octanol–water partition coefficient (Wildman–Crippen LogP) is 2.66. The minimum absolute atomic E-state index is 0.0271. The van der Waals surface area contributed by atoms with E-state index in [1.807, 2.05) is 6.20 Å². The maximum absolute atomic E-state index is 12.2. The molecule has 0 spiro atoms. The van der Waals surface area contributed by atoms with E-state index in [-0.39, 0.29) is 5.56 Å². The van der Waals surface area contributed by atoms with Crippen molar-refractivity contribution in [2.75, 3.05) is 31.1 Å². The molecule has 0 bridgehead atoms. The number of hydrogen-bond donors (Lipinski definition) is 1. The monoisotopic (exact) mass is 384 g/mol. The number of aromatic nitrogens is 4. The second kappa shape index (κ2) is 8.47. The molecule has 28 heavy (non-hydrogen) atoms. The Morgan fingerprint density at radius 2 is 2.04 bits per heavy atom. The molecule has 2 aromatic heterocycles. The fraction of sp³-hybridized carbons (Fsp3) is 0.667. The molecule has 2 aliphatic heterocycles. The molecule has 1 unspecified atom stereocenters. The maximum atomic E-state index is 12.2. The lowest BCUT2D eigenvalue weighted by Gasteiger charge is -2.32. The normalized spacial score (nSPS) is 20.8. The predicted molar refractivity (Wildman–Crippen MR) is 111 cm³/mol. The number of hydrogen-bond acceptors (Lipinski definition) is 5. The van der Waals surface area contributed by atoms with Gasteiger partial charge in [-0.25, -0.2) is 4.98 Å². The molecule has 0 aromatic carbocycles. The van der Waals surface area contributed by atoms with Crippen LogP contribution in [0.5, 0.6) is 0 Å². The van der Waals surface area contributed by atoms with Crippen LogP contribution in [0.2, 0.25) is 0 Å². The first kappa shape index (κ1) is 19.2. The van der Waals surface area contributed by atoms with Crippen LogP contribution in [-0.4, -0.2) is 50.8 Å². The Bertz CT molecular complexity index is 851. The lowest BCUT2D eigenvalue weighted by atomic mass is 9.94. The Morgan fingerprint density at radius 3 is 2.82 bits per heavy atom. The highest BCUT2D eigenvalue weighted by Gasteiger charge is 2.25. The molecule has 0 saturated carbocycles. The van der Waals surface area contributed by atoms with Gasteiger partial charge in [-0.2, -0.15) is 5.10 Å². The van der Waals surface area contributed by atoms with Crippen molar-refractivity contribution in [3.63, 3.8) is 0 Å². The van der Waals surface area contributed by atoms with E-state index in [1.54, 1.807) is 6.07 Å². The van der Waals surface area contributed by atoms with Crippen LogP contribution < -0.4 is 10.5 Å². The molecule has 0 radical (unpaired) electrons. The van der Waals surface area contributed by atoms with Crippen molar-refractivity contribution in [1.82, 2.24) is 24.6 Å². The number of aryl methyl sites for hydroxylation is 1. The van der Waals surface area contributed by atoms with Crippen molar-refractivity contribution in [2.45, 2.75) is 65.0 Å². The fourth-order valence-corrected chi connectivity index (χ4v) is 4.51. The fourth-order valence-electron chi connectivity index (χ4n) is 4.51.